The second-order valence-electron chi connectivity index (χ2n) is 9.82. The first-order valence-electron chi connectivity index (χ1n) is 11.8. The van der Waals surface area contributed by atoms with E-state index in [0.717, 1.165) is 30.4 Å². The van der Waals surface area contributed by atoms with E-state index in [1.165, 1.54) is 4.88 Å². The van der Waals surface area contributed by atoms with E-state index in [4.69, 9.17) is 32.9 Å². The largest absolute Gasteiger partial charge is 0.493 e. The van der Waals surface area contributed by atoms with E-state index in [0.29, 0.717) is 44.6 Å². The van der Waals surface area contributed by atoms with Crippen molar-refractivity contribution < 1.29 is 9.53 Å². The van der Waals surface area contributed by atoms with Crippen molar-refractivity contribution in [2.24, 2.45) is 16.3 Å². The van der Waals surface area contributed by atoms with Crippen molar-refractivity contribution in [2.75, 3.05) is 11.9 Å². The van der Waals surface area contributed by atoms with Crippen LogP contribution in [0.2, 0.25) is 10.0 Å². The lowest BCUT2D eigenvalue weighted by Crippen LogP contribution is -2.27. The van der Waals surface area contributed by atoms with Crippen LogP contribution in [0.5, 0.6) is 5.75 Å². The van der Waals surface area contributed by atoms with Crippen LogP contribution in [0.3, 0.4) is 0 Å². The Hall–Kier alpha value is -2.34. The lowest BCUT2D eigenvalue weighted by Gasteiger charge is -2.33. The van der Waals surface area contributed by atoms with Crippen LogP contribution < -0.4 is 10.1 Å². The number of carbonyl (C=O) groups is 1. The third-order valence-electron chi connectivity index (χ3n) is 6.39. The average Bonchev–Trinajstić information content (AvgIpc) is 3.18. The molecule has 0 bridgehead atoms. The topological polar surface area (TPSA) is 50.7 Å². The number of benzene rings is 2. The van der Waals surface area contributed by atoms with Crippen LogP contribution in [0.25, 0.3) is 0 Å². The first-order chi connectivity index (χ1) is 16.7. The number of nitrogens with one attached hydrogen (secondary N) is 1. The van der Waals surface area contributed by atoms with E-state index < -0.39 is 0 Å². The van der Waals surface area contributed by atoms with Crippen LogP contribution in [0.1, 0.15) is 60.5 Å². The van der Waals surface area contributed by atoms with Crippen molar-refractivity contribution >= 4 is 57.3 Å². The minimum absolute atomic E-state index is 0.151. The van der Waals surface area contributed by atoms with Gasteiger partial charge in [-0.2, -0.15) is 0 Å². The molecule has 1 aromatic heterocycles. The predicted molar refractivity (Wildman–Crippen MR) is 149 cm³/mol. The van der Waals surface area contributed by atoms with Crippen molar-refractivity contribution in [3.05, 3.63) is 74.1 Å². The summed E-state index contributed by atoms with van der Waals surface area (Å²) in [5.74, 6) is 1.12. The molecule has 1 aliphatic carbocycles. The van der Waals surface area contributed by atoms with Gasteiger partial charge in [-0.3, -0.25) is 4.79 Å². The molecule has 7 heteroatoms. The minimum atomic E-state index is -0.151. The summed E-state index contributed by atoms with van der Waals surface area (Å²) in [5.41, 5.74) is 3.46. The third kappa shape index (κ3) is 6.08. The molecule has 1 heterocycles. The zero-order chi connectivity index (χ0) is 25.2. The van der Waals surface area contributed by atoms with Gasteiger partial charge in [-0.1, -0.05) is 44.0 Å². The summed E-state index contributed by atoms with van der Waals surface area (Å²) in [7, 11) is 0. The highest BCUT2D eigenvalue weighted by Gasteiger charge is 2.33. The minimum Gasteiger partial charge on any atom is -0.493 e. The van der Waals surface area contributed by atoms with Gasteiger partial charge < -0.3 is 10.1 Å². The van der Waals surface area contributed by atoms with E-state index in [1.54, 1.807) is 47.9 Å². The van der Waals surface area contributed by atoms with Gasteiger partial charge in [-0.15, -0.1) is 11.3 Å². The molecule has 0 saturated carbocycles. The highest BCUT2D eigenvalue weighted by Crippen LogP contribution is 2.45. The number of amides is 1. The standard InChI is InChI=1S/C28H30Cl2N2O2S/c1-5-34-23-13-9-20(30)14-17(23)16-31-27-25(26(33)32-21-10-7-19(29)8-11-21)22-12-6-18(28(2,3)4)15-24(22)35-27/h7-11,13-14,16,18H,5-6,12,15H2,1-4H3,(H,32,33)/t18-/m0/s1. The molecule has 35 heavy (non-hydrogen) atoms. The smallest absolute Gasteiger partial charge is 0.259 e. The predicted octanol–water partition coefficient (Wildman–Crippen LogP) is 8.61. The maximum atomic E-state index is 13.5. The van der Waals surface area contributed by atoms with Gasteiger partial charge in [-0.25, -0.2) is 4.99 Å². The first kappa shape index (κ1) is 25.7. The molecule has 4 nitrogen and oxygen atoms in total. The Morgan fingerprint density at radius 2 is 1.89 bits per heavy atom. The molecule has 2 aromatic carbocycles. The number of halogens is 2. The van der Waals surface area contributed by atoms with Crippen molar-refractivity contribution in [3.8, 4) is 5.75 Å². The molecule has 3 aromatic rings. The van der Waals surface area contributed by atoms with E-state index in [-0.39, 0.29) is 11.3 Å². The summed E-state index contributed by atoms with van der Waals surface area (Å²) in [5, 5.41) is 4.97. The average molecular weight is 530 g/mol. The zero-order valence-electron chi connectivity index (χ0n) is 20.5. The van der Waals surface area contributed by atoms with E-state index in [9.17, 15) is 4.79 Å². The Kier molecular flexibility index (Phi) is 7.89. The molecular weight excluding hydrogens is 499 g/mol. The highest BCUT2D eigenvalue weighted by atomic mass is 35.5. The van der Waals surface area contributed by atoms with Gasteiger partial charge in [0.2, 0.25) is 0 Å². The molecular formula is C28H30Cl2N2O2S. The van der Waals surface area contributed by atoms with Crippen molar-refractivity contribution in [3.63, 3.8) is 0 Å². The highest BCUT2D eigenvalue weighted by molar-refractivity contribution is 7.16. The van der Waals surface area contributed by atoms with Crippen molar-refractivity contribution in [1.29, 1.82) is 0 Å². The van der Waals surface area contributed by atoms with Crippen LogP contribution in [0.4, 0.5) is 10.7 Å². The molecule has 184 valence electrons. The van der Waals surface area contributed by atoms with Crippen LogP contribution >= 0.6 is 34.5 Å². The van der Waals surface area contributed by atoms with Gasteiger partial charge in [0.05, 0.1) is 12.2 Å². The van der Waals surface area contributed by atoms with Crippen LogP contribution in [-0.2, 0) is 12.8 Å². The molecule has 0 fully saturated rings. The summed E-state index contributed by atoms with van der Waals surface area (Å²) >= 11 is 13.9. The lowest BCUT2D eigenvalue weighted by atomic mass is 9.72. The lowest BCUT2D eigenvalue weighted by molar-refractivity contribution is 0.102. The number of thiophene rings is 1. The Morgan fingerprint density at radius 3 is 2.57 bits per heavy atom. The van der Waals surface area contributed by atoms with E-state index >= 15 is 0 Å². The first-order valence-corrected chi connectivity index (χ1v) is 13.4. The Labute approximate surface area is 221 Å². The number of nitrogens with zero attached hydrogens (tertiary/aromatic N) is 1. The SMILES string of the molecule is CCOc1ccc(Cl)cc1C=Nc1sc2c(c1C(=O)Nc1ccc(Cl)cc1)CC[C@H](C(C)(C)C)C2. The number of rotatable bonds is 6. The maximum Gasteiger partial charge on any atom is 0.259 e. The quantitative estimate of drug-likeness (QED) is 0.325. The molecule has 1 N–H and O–H groups in total. The van der Waals surface area contributed by atoms with Gasteiger partial charge >= 0.3 is 0 Å². The van der Waals surface area contributed by atoms with Crippen molar-refractivity contribution in [1.82, 2.24) is 0 Å². The summed E-state index contributed by atoms with van der Waals surface area (Å²) < 4.78 is 5.74. The molecule has 0 saturated heterocycles. The normalized spacial score (nSPS) is 15.8. The summed E-state index contributed by atoms with van der Waals surface area (Å²) in [6.45, 7) is 9.35. The molecule has 0 spiro atoms. The third-order valence-corrected chi connectivity index (χ3v) is 8.04. The number of hydrogen-bond acceptors (Lipinski definition) is 4. The zero-order valence-corrected chi connectivity index (χ0v) is 22.8. The number of hydrogen-bond donors (Lipinski definition) is 1. The molecule has 1 aliphatic rings. The molecule has 0 unspecified atom stereocenters. The summed E-state index contributed by atoms with van der Waals surface area (Å²) in [6, 6.07) is 12.6. The summed E-state index contributed by atoms with van der Waals surface area (Å²) in [6.07, 6.45) is 4.63. The fraction of sp³-hybridized carbons (Fsp3) is 0.357. The van der Waals surface area contributed by atoms with Crippen LogP contribution in [0, 0.1) is 11.3 Å². The molecule has 1 atom stereocenters. The second kappa shape index (κ2) is 10.7. The Balaban J connectivity index is 1.72. The monoisotopic (exact) mass is 528 g/mol. The number of anilines is 1. The van der Waals surface area contributed by atoms with Crippen LogP contribution in [-0.4, -0.2) is 18.7 Å². The van der Waals surface area contributed by atoms with Gasteiger partial charge in [0, 0.05) is 32.4 Å². The molecule has 1 amide bonds. The van der Waals surface area contributed by atoms with Crippen LogP contribution in [0.15, 0.2) is 47.5 Å². The van der Waals surface area contributed by atoms with E-state index in [2.05, 4.69) is 26.1 Å². The fourth-order valence-electron chi connectivity index (χ4n) is 4.40. The molecule has 0 radical (unpaired) electrons. The van der Waals surface area contributed by atoms with E-state index in [1.807, 2.05) is 19.1 Å². The van der Waals surface area contributed by atoms with Gasteiger partial charge in [0.25, 0.3) is 5.91 Å². The molecule has 4 rings (SSSR count). The number of carbonyl (C=O) groups excluding carboxylic acids is 1. The van der Waals surface area contributed by atoms with Gasteiger partial charge in [-0.05, 0) is 85.5 Å². The van der Waals surface area contributed by atoms with Crippen molar-refractivity contribution in [2.45, 2.75) is 47.0 Å². The number of aliphatic imine (C=N–C) groups is 1. The maximum absolute atomic E-state index is 13.5. The second-order valence-corrected chi connectivity index (χ2v) is 11.8. The number of ether oxygens (including phenoxy) is 1. The Morgan fingerprint density at radius 1 is 1.17 bits per heavy atom. The number of fused-ring (bicyclic) bond motifs is 1. The van der Waals surface area contributed by atoms with Gasteiger partial charge in [0.15, 0.2) is 0 Å². The fourth-order valence-corrected chi connectivity index (χ4v) is 5.97. The van der Waals surface area contributed by atoms with Gasteiger partial charge in [0.1, 0.15) is 10.8 Å². The summed E-state index contributed by atoms with van der Waals surface area (Å²) in [4.78, 5) is 19.6. The Bertz CT molecular complexity index is 1240. The molecule has 0 aliphatic heterocycles.